The van der Waals surface area contributed by atoms with Crippen molar-refractivity contribution in [3.63, 3.8) is 0 Å². The maximum Gasteiger partial charge on any atom is 0.346 e. The zero-order valence-electron chi connectivity index (χ0n) is 18.9. The molecule has 0 aliphatic rings. The van der Waals surface area contributed by atoms with Crippen LogP contribution in [0.3, 0.4) is 0 Å². The Hall–Kier alpha value is -5.08. The third-order valence-corrected chi connectivity index (χ3v) is 5.38. The first-order valence-electron chi connectivity index (χ1n) is 10.8. The Morgan fingerprint density at radius 3 is 2.31 bits per heavy atom. The molecule has 0 aliphatic carbocycles. The lowest BCUT2D eigenvalue weighted by molar-refractivity contribution is -0.132. The monoisotopic (exact) mass is 458 g/mol. The van der Waals surface area contributed by atoms with E-state index in [2.05, 4.69) is 18.1 Å². The topological polar surface area (TPSA) is 77.5 Å². The highest BCUT2D eigenvalue weighted by molar-refractivity contribution is 5.97. The molecule has 0 atom stereocenters. The fraction of sp³-hybridized carbons (Fsp3) is 0. The summed E-state index contributed by atoms with van der Waals surface area (Å²) in [6, 6.07) is 26.9. The predicted octanol–water partition coefficient (Wildman–Crippen LogP) is 7.49. The highest BCUT2D eigenvalue weighted by Gasteiger charge is 2.14. The second kappa shape index (κ2) is 10.2. The number of carboxylic acid groups (broad SMARTS) is 1. The van der Waals surface area contributed by atoms with Gasteiger partial charge in [-0.05, 0) is 78.4 Å². The van der Waals surface area contributed by atoms with Crippen LogP contribution in [0.2, 0.25) is 0 Å². The Bertz CT molecular complexity index is 1500. The second-order valence-electron chi connectivity index (χ2n) is 7.63. The molecule has 0 unspecified atom stereocenters. The lowest BCUT2D eigenvalue weighted by Gasteiger charge is -2.26. The van der Waals surface area contributed by atoms with Gasteiger partial charge in [0.1, 0.15) is 23.0 Å². The van der Waals surface area contributed by atoms with Gasteiger partial charge in [-0.1, -0.05) is 43.5 Å². The van der Waals surface area contributed by atoms with Crippen LogP contribution < -0.4 is 4.90 Å². The maximum absolute atomic E-state index is 11.1. The number of benzene rings is 3. The fourth-order valence-electron chi connectivity index (χ4n) is 3.76. The summed E-state index contributed by atoms with van der Waals surface area (Å²) in [7, 11) is 0. The van der Waals surface area contributed by atoms with Crippen LogP contribution in [-0.4, -0.2) is 11.1 Å². The minimum Gasteiger partial charge on any atom is -0.477 e. The van der Waals surface area contributed by atoms with E-state index in [9.17, 15) is 4.79 Å². The largest absolute Gasteiger partial charge is 0.477 e. The number of nitriles is 1. The lowest BCUT2D eigenvalue weighted by atomic mass is 10.1. The summed E-state index contributed by atoms with van der Waals surface area (Å²) in [5.41, 5.74) is 4.70. The van der Waals surface area contributed by atoms with Crippen LogP contribution in [-0.2, 0) is 4.79 Å². The summed E-state index contributed by atoms with van der Waals surface area (Å²) in [6.07, 6.45) is 6.77. The van der Waals surface area contributed by atoms with Gasteiger partial charge in [0.05, 0.1) is 0 Å². The average Bonchev–Trinajstić information content (AvgIpc) is 3.31. The van der Waals surface area contributed by atoms with E-state index >= 15 is 0 Å². The normalized spacial score (nSPS) is 11.6. The Labute approximate surface area is 203 Å². The molecule has 0 saturated carbocycles. The molecular weight excluding hydrogens is 436 g/mol. The van der Waals surface area contributed by atoms with E-state index < -0.39 is 5.97 Å². The van der Waals surface area contributed by atoms with Gasteiger partial charge in [-0.15, -0.1) is 0 Å². The molecule has 1 N–H and O–H groups in total. The summed E-state index contributed by atoms with van der Waals surface area (Å²) in [5.74, 6) is -0.573. The molecule has 1 aromatic heterocycles. The molecule has 0 radical (unpaired) electrons. The molecule has 5 heteroatoms. The van der Waals surface area contributed by atoms with E-state index in [1.807, 2.05) is 66.7 Å². The van der Waals surface area contributed by atoms with E-state index in [0.717, 1.165) is 28.0 Å². The molecule has 0 aliphatic heterocycles. The highest BCUT2D eigenvalue weighted by Crippen LogP contribution is 2.34. The molecule has 3 aromatic carbocycles. The van der Waals surface area contributed by atoms with E-state index in [1.165, 1.54) is 6.08 Å². The van der Waals surface area contributed by atoms with E-state index in [-0.39, 0.29) is 5.57 Å². The average molecular weight is 459 g/mol. The minimum atomic E-state index is -1.26. The summed E-state index contributed by atoms with van der Waals surface area (Å²) in [4.78, 5) is 13.2. The van der Waals surface area contributed by atoms with Gasteiger partial charge in [0, 0.05) is 28.0 Å². The molecule has 4 rings (SSSR count). The van der Waals surface area contributed by atoms with Crippen molar-refractivity contribution in [3.05, 3.63) is 127 Å². The Balaban J connectivity index is 1.69. The first kappa shape index (κ1) is 23.1. The van der Waals surface area contributed by atoms with Crippen LogP contribution >= 0.6 is 0 Å². The maximum atomic E-state index is 11.1. The third-order valence-electron chi connectivity index (χ3n) is 5.38. The number of hydrogen-bond donors (Lipinski definition) is 1. The second-order valence-corrected chi connectivity index (χ2v) is 7.63. The van der Waals surface area contributed by atoms with Gasteiger partial charge in [0.15, 0.2) is 0 Å². The summed E-state index contributed by atoms with van der Waals surface area (Å²) in [5, 5.41) is 18.9. The standard InChI is InChI=1S/C30H22N2O3/c1-3-8-25(4-2)32(26-9-6-5-7-10-26)27-14-12-22(13-15-27)29-19-23-17-21(11-16-28(23)35-29)18-24(20-31)30(33)34/h3-19H,1-2H2,(H,33,34)/b24-18-,25-8+. The number of carbonyl (C=O) groups is 1. The number of para-hydroxylation sites is 1. The number of nitrogens with zero attached hydrogens (tertiary/aromatic N) is 2. The molecule has 0 spiro atoms. The number of rotatable bonds is 8. The van der Waals surface area contributed by atoms with Gasteiger partial charge in [-0.3, -0.25) is 0 Å². The molecule has 0 amide bonds. The van der Waals surface area contributed by atoms with Crippen molar-refractivity contribution in [2.24, 2.45) is 0 Å². The number of allylic oxidation sites excluding steroid dienone is 3. The molecule has 0 bridgehead atoms. The predicted molar refractivity (Wildman–Crippen MR) is 140 cm³/mol. The van der Waals surface area contributed by atoms with Crippen molar-refractivity contribution in [1.29, 1.82) is 5.26 Å². The fourth-order valence-corrected chi connectivity index (χ4v) is 3.76. The first-order chi connectivity index (χ1) is 17.0. The van der Waals surface area contributed by atoms with E-state index in [4.69, 9.17) is 14.8 Å². The molecule has 5 nitrogen and oxygen atoms in total. The van der Waals surface area contributed by atoms with Gasteiger partial charge in [0.2, 0.25) is 0 Å². The quantitative estimate of drug-likeness (QED) is 0.168. The van der Waals surface area contributed by atoms with Crippen LogP contribution in [0.4, 0.5) is 11.4 Å². The van der Waals surface area contributed by atoms with Crippen molar-refractivity contribution in [3.8, 4) is 17.4 Å². The first-order valence-corrected chi connectivity index (χ1v) is 10.8. The third kappa shape index (κ3) is 4.97. The van der Waals surface area contributed by atoms with Gasteiger partial charge < -0.3 is 14.4 Å². The SMILES string of the molecule is C=C/C=C(\C=C)N(c1ccccc1)c1ccc(-c2cc3cc(/C=C(/C#N)C(=O)O)ccc3o2)cc1. The number of aliphatic carboxylic acids is 1. The lowest BCUT2D eigenvalue weighted by Crippen LogP contribution is -2.14. The van der Waals surface area contributed by atoms with Gasteiger partial charge in [-0.2, -0.15) is 5.26 Å². The van der Waals surface area contributed by atoms with Crippen LogP contribution in [0, 0.1) is 11.3 Å². The Morgan fingerprint density at radius 2 is 1.69 bits per heavy atom. The molecule has 4 aromatic rings. The molecule has 35 heavy (non-hydrogen) atoms. The number of anilines is 2. The van der Waals surface area contributed by atoms with E-state index in [0.29, 0.717) is 16.9 Å². The highest BCUT2D eigenvalue weighted by atomic mass is 16.4. The van der Waals surface area contributed by atoms with Gasteiger partial charge in [0.25, 0.3) is 0 Å². The van der Waals surface area contributed by atoms with Crippen molar-refractivity contribution in [2.75, 3.05) is 4.90 Å². The van der Waals surface area contributed by atoms with Gasteiger partial charge in [-0.25, -0.2) is 4.79 Å². The van der Waals surface area contributed by atoms with E-state index in [1.54, 1.807) is 36.4 Å². The van der Waals surface area contributed by atoms with Crippen molar-refractivity contribution < 1.29 is 14.3 Å². The summed E-state index contributed by atoms with van der Waals surface area (Å²) < 4.78 is 6.02. The number of fused-ring (bicyclic) bond motifs is 1. The number of furan rings is 1. The zero-order chi connectivity index (χ0) is 24.8. The molecule has 1 heterocycles. The Kier molecular flexibility index (Phi) is 6.76. The van der Waals surface area contributed by atoms with Crippen molar-refractivity contribution in [1.82, 2.24) is 0 Å². The molecule has 0 saturated heterocycles. The minimum absolute atomic E-state index is 0.323. The number of hydrogen-bond acceptors (Lipinski definition) is 4. The van der Waals surface area contributed by atoms with Crippen LogP contribution in [0.15, 0.2) is 126 Å². The molecule has 170 valence electrons. The smallest absolute Gasteiger partial charge is 0.346 e. The summed E-state index contributed by atoms with van der Waals surface area (Å²) in [6.45, 7) is 7.77. The molecular formula is C30H22N2O3. The van der Waals surface area contributed by atoms with Gasteiger partial charge >= 0.3 is 5.97 Å². The summed E-state index contributed by atoms with van der Waals surface area (Å²) >= 11 is 0. The van der Waals surface area contributed by atoms with Crippen molar-refractivity contribution in [2.45, 2.75) is 0 Å². The Morgan fingerprint density at radius 1 is 0.971 bits per heavy atom. The van der Waals surface area contributed by atoms with Crippen LogP contribution in [0.25, 0.3) is 28.4 Å². The zero-order valence-corrected chi connectivity index (χ0v) is 18.9. The molecule has 0 fully saturated rings. The van der Waals surface area contributed by atoms with Crippen LogP contribution in [0.5, 0.6) is 0 Å². The number of carboxylic acids is 1. The van der Waals surface area contributed by atoms with Crippen LogP contribution in [0.1, 0.15) is 5.56 Å². The van der Waals surface area contributed by atoms with Crippen molar-refractivity contribution >= 4 is 34.4 Å².